The van der Waals surface area contributed by atoms with Gasteiger partial charge in [0.05, 0.1) is 29.0 Å². The monoisotopic (exact) mass is 583 g/mol. The second-order valence-corrected chi connectivity index (χ2v) is 13.6. The zero-order valence-corrected chi connectivity index (χ0v) is 22.1. The van der Waals surface area contributed by atoms with E-state index in [0.29, 0.717) is 11.1 Å². The quantitative estimate of drug-likeness (QED) is 0.463. The lowest BCUT2D eigenvalue weighted by Gasteiger charge is -2.23. The van der Waals surface area contributed by atoms with Crippen LogP contribution in [0.5, 0.6) is 0 Å². The summed E-state index contributed by atoms with van der Waals surface area (Å²) in [5, 5.41) is 10.5. The van der Waals surface area contributed by atoms with Gasteiger partial charge in [-0.1, -0.05) is 15.9 Å². The minimum absolute atomic E-state index is 0.122. The number of hydrogen-bond donors (Lipinski definition) is 2. The van der Waals surface area contributed by atoms with Crippen molar-refractivity contribution in [1.29, 1.82) is 0 Å². The Labute approximate surface area is 208 Å². The molecule has 3 aliphatic heterocycles. The fourth-order valence-electron chi connectivity index (χ4n) is 3.94. The number of halogens is 1. The second-order valence-electron chi connectivity index (χ2n) is 8.07. The molecular formula is C19H27BrN3O7PS2. The molecule has 4 rings (SSSR count). The van der Waals surface area contributed by atoms with Gasteiger partial charge in [-0.05, 0) is 42.5 Å². The van der Waals surface area contributed by atoms with Crippen molar-refractivity contribution < 1.29 is 23.5 Å². The standard InChI is InChI=1S/C19H27BrN3O7PS2/c1-22-10-13(7-17-32-5-2-6-33-17)30-31(22,27)28-11-15-14(24)8-16(29-15)23-9-12(3-4-20)18(25)21-19(23)26/h3-4,9,13-17,24H,2,5-8,10-11H2,1H3,(H,21,25,26)/b4-3+/t13?,14-,15+,16+,31?/m0/s1. The third kappa shape index (κ3) is 6.07. The van der Waals surface area contributed by atoms with Crippen LogP contribution in [0.2, 0.25) is 0 Å². The Bertz CT molecular complexity index is 1030. The van der Waals surface area contributed by atoms with Crippen LogP contribution in [0.25, 0.3) is 6.08 Å². The Morgan fingerprint density at radius 3 is 2.88 bits per heavy atom. The highest BCUT2D eigenvalue weighted by atomic mass is 79.9. The van der Waals surface area contributed by atoms with Crippen LogP contribution in [0.4, 0.5) is 0 Å². The van der Waals surface area contributed by atoms with E-state index in [4.69, 9.17) is 13.8 Å². The molecule has 3 saturated heterocycles. The number of hydrogen-bond acceptors (Lipinski definition) is 9. The van der Waals surface area contributed by atoms with Crippen LogP contribution in [-0.4, -0.2) is 73.9 Å². The number of nitrogens with one attached hydrogen (secondary N) is 1. The highest BCUT2D eigenvalue weighted by Gasteiger charge is 2.45. The van der Waals surface area contributed by atoms with Crippen LogP contribution >= 0.6 is 47.2 Å². The number of aliphatic hydroxyl groups is 1. The van der Waals surface area contributed by atoms with Crippen LogP contribution in [0, 0.1) is 0 Å². The van der Waals surface area contributed by atoms with Crippen molar-refractivity contribution >= 4 is 53.3 Å². The number of thioether (sulfide) groups is 2. The molecule has 184 valence electrons. The summed E-state index contributed by atoms with van der Waals surface area (Å²) < 4.78 is 33.8. The molecule has 5 atom stereocenters. The molecule has 33 heavy (non-hydrogen) atoms. The van der Waals surface area contributed by atoms with Gasteiger partial charge in [0, 0.05) is 19.2 Å². The maximum atomic E-state index is 13.2. The molecule has 3 fully saturated rings. The van der Waals surface area contributed by atoms with Crippen molar-refractivity contribution in [3.63, 3.8) is 0 Å². The SMILES string of the molecule is CN1CC(CC2SCCCS2)OP1(=O)OC[C@H]1O[C@@H](n2cc(/C=C/Br)c(=O)[nH]c2=O)C[C@@H]1O. The lowest BCUT2D eigenvalue weighted by molar-refractivity contribution is -0.0442. The average Bonchev–Trinajstić information content (AvgIpc) is 3.28. The first-order chi connectivity index (χ1) is 15.8. The molecule has 0 radical (unpaired) electrons. The first-order valence-corrected chi connectivity index (χ1v) is 15.1. The Kier molecular flexibility index (Phi) is 8.67. The topological polar surface area (TPSA) is 123 Å². The van der Waals surface area contributed by atoms with Crippen LogP contribution in [0.1, 0.15) is 31.1 Å². The molecule has 0 aliphatic carbocycles. The van der Waals surface area contributed by atoms with E-state index < -0.39 is 37.4 Å². The maximum absolute atomic E-state index is 13.2. The number of H-pyrrole nitrogens is 1. The lowest BCUT2D eigenvalue weighted by atomic mass is 10.2. The summed E-state index contributed by atoms with van der Waals surface area (Å²) in [5.74, 6) is 2.28. The summed E-state index contributed by atoms with van der Waals surface area (Å²) in [6.45, 7) is 0.368. The van der Waals surface area contributed by atoms with Gasteiger partial charge in [-0.3, -0.25) is 23.4 Å². The van der Waals surface area contributed by atoms with Gasteiger partial charge in [0.15, 0.2) is 0 Å². The molecule has 3 aliphatic rings. The third-order valence-electron chi connectivity index (χ3n) is 5.67. The number of aromatic nitrogens is 2. The van der Waals surface area contributed by atoms with Gasteiger partial charge in [0.2, 0.25) is 0 Å². The summed E-state index contributed by atoms with van der Waals surface area (Å²) >= 11 is 6.93. The van der Waals surface area contributed by atoms with E-state index in [2.05, 4.69) is 20.9 Å². The molecule has 0 saturated carbocycles. The van der Waals surface area contributed by atoms with Crippen molar-refractivity contribution in [2.24, 2.45) is 0 Å². The molecule has 0 spiro atoms. The minimum Gasteiger partial charge on any atom is -0.390 e. The Morgan fingerprint density at radius 2 is 2.15 bits per heavy atom. The molecular weight excluding hydrogens is 557 g/mol. The van der Waals surface area contributed by atoms with E-state index in [-0.39, 0.29) is 24.7 Å². The second kappa shape index (κ2) is 11.1. The van der Waals surface area contributed by atoms with Crippen molar-refractivity contribution in [3.8, 4) is 0 Å². The molecule has 1 aromatic heterocycles. The molecule has 2 unspecified atom stereocenters. The maximum Gasteiger partial charge on any atom is 0.408 e. The Balaban J connectivity index is 1.36. The number of ether oxygens (including phenoxy) is 1. The molecule has 0 aromatic carbocycles. The van der Waals surface area contributed by atoms with E-state index in [9.17, 15) is 19.3 Å². The summed E-state index contributed by atoms with van der Waals surface area (Å²) in [6, 6.07) is 0. The predicted molar refractivity (Wildman–Crippen MR) is 133 cm³/mol. The molecule has 4 heterocycles. The highest BCUT2D eigenvalue weighted by Crippen LogP contribution is 2.58. The van der Waals surface area contributed by atoms with Gasteiger partial charge in [-0.15, -0.1) is 23.5 Å². The highest BCUT2D eigenvalue weighted by molar-refractivity contribution is 9.11. The lowest BCUT2D eigenvalue weighted by Crippen LogP contribution is -2.33. The summed E-state index contributed by atoms with van der Waals surface area (Å²) in [5.41, 5.74) is -0.905. The number of aromatic amines is 1. The number of nitrogens with zero attached hydrogens (tertiary/aromatic N) is 2. The van der Waals surface area contributed by atoms with Gasteiger partial charge < -0.3 is 9.84 Å². The average molecular weight is 584 g/mol. The van der Waals surface area contributed by atoms with Gasteiger partial charge in [0.25, 0.3) is 5.56 Å². The van der Waals surface area contributed by atoms with E-state index >= 15 is 0 Å². The van der Waals surface area contributed by atoms with E-state index in [1.54, 1.807) is 11.7 Å². The molecule has 10 nitrogen and oxygen atoms in total. The molecule has 14 heteroatoms. The van der Waals surface area contributed by atoms with Gasteiger partial charge >= 0.3 is 13.4 Å². The summed E-state index contributed by atoms with van der Waals surface area (Å²) in [6.07, 6.45) is 2.31. The van der Waals surface area contributed by atoms with Crippen molar-refractivity contribution in [1.82, 2.24) is 14.2 Å². The van der Waals surface area contributed by atoms with E-state index in [1.165, 1.54) is 28.2 Å². The summed E-state index contributed by atoms with van der Waals surface area (Å²) in [4.78, 5) is 27.9. The minimum atomic E-state index is -3.50. The van der Waals surface area contributed by atoms with Crippen molar-refractivity contribution in [2.45, 2.75) is 48.4 Å². The van der Waals surface area contributed by atoms with Crippen LogP contribution < -0.4 is 11.2 Å². The Morgan fingerprint density at radius 1 is 1.39 bits per heavy atom. The first kappa shape index (κ1) is 25.7. The zero-order chi connectivity index (χ0) is 23.6. The molecule has 2 N–H and O–H groups in total. The van der Waals surface area contributed by atoms with Gasteiger partial charge in [-0.25, -0.2) is 14.0 Å². The third-order valence-corrected chi connectivity index (χ3v) is 11.0. The fraction of sp³-hybridized carbons (Fsp3) is 0.684. The van der Waals surface area contributed by atoms with E-state index in [1.807, 2.05) is 23.5 Å². The predicted octanol–water partition coefficient (Wildman–Crippen LogP) is 2.59. The summed E-state index contributed by atoms with van der Waals surface area (Å²) in [7, 11) is -1.79. The molecule has 0 amide bonds. The largest absolute Gasteiger partial charge is 0.408 e. The number of aliphatic hydroxyl groups excluding tert-OH is 1. The van der Waals surface area contributed by atoms with Crippen molar-refractivity contribution in [3.05, 3.63) is 37.6 Å². The van der Waals surface area contributed by atoms with Crippen LogP contribution in [0.15, 0.2) is 20.8 Å². The normalized spacial score (nSPS) is 33.9. The zero-order valence-electron chi connectivity index (χ0n) is 18.0. The van der Waals surface area contributed by atoms with Gasteiger partial charge in [0.1, 0.15) is 12.3 Å². The Hall–Kier alpha value is -0.370. The fourth-order valence-corrected chi connectivity index (χ4v) is 8.88. The van der Waals surface area contributed by atoms with Crippen molar-refractivity contribution in [2.75, 3.05) is 31.7 Å². The van der Waals surface area contributed by atoms with E-state index in [0.717, 1.165) is 17.9 Å². The van der Waals surface area contributed by atoms with Gasteiger partial charge in [-0.2, -0.15) is 0 Å². The van der Waals surface area contributed by atoms with Crippen LogP contribution in [-0.2, 0) is 18.3 Å². The smallest absolute Gasteiger partial charge is 0.390 e. The number of rotatable bonds is 7. The van der Waals surface area contributed by atoms with Crippen LogP contribution in [0.3, 0.4) is 0 Å². The molecule has 1 aromatic rings. The first-order valence-electron chi connectivity index (χ1n) is 10.6. The number of likely N-dealkylation sites (N-methyl/N-ethyl adjacent to an activating group) is 1. The molecule has 0 bridgehead atoms.